The molecule has 0 saturated carbocycles. The van der Waals surface area contributed by atoms with Crippen LogP contribution in [-0.2, 0) is 19.1 Å². The van der Waals surface area contributed by atoms with Crippen LogP contribution in [0.15, 0.2) is 24.3 Å². The van der Waals surface area contributed by atoms with Crippen LogP contribution >= 0.6 is 0 Å². The molecule has 0 fully saturated rings. The number of carbonyl (C=O) groups excluding carboxylic acids is 2. The largest absolute Gasteiger partial charge is 0.462 e. The Bertz CT molecular complexity index is 1070. The fraction of sp³-hybridized carbons (Fsp3) is 0.908. The van der Waals surface area contributed by atoms with Crippen LogP contribution in [0, 0.1) is 0 Å². The lowest BCUT2D eigenvalue weighted by Gasteiger charge is -2.15. The second kappa shape index (κ2) is 61.7. The van der Waals surface area contributed by atoms with Gasteiger partial charge in [0.25, 0.3) is 0 Å². The SMILES string of the molecule is CCCCCCCCCC/C=C\CCCCCCCCCCCCCCCCCCCCCC(=O)OC(CO)COC(=O)CCCCCCCCCCCCCCC/C=C\CCCCCCCCCC. The number of ether oxygens (including phenoxy) is 2. The number of aliphatic hydroxyl groups is 1. The summed E-state index contributed by atoms with van der Waals surface area (Å²) >= 11 is 0. The summed E-state index contributed by atoms with van der Waals surface area (Å²) in [7, 11) is 0. The van der Waals surface area contributed by atoms with Crippen molar-refractivity contribution in [3.8, 4) is 0 Å². The second-order valence-electron chi connectivity index (χ2n) is 21.8. The van der Waals surface area contributed by atoms with Crippen molar-refractivity contribution in [3.05, 3.63) is 24.3 Å². The van der Waals surface area contributed by atoms with Crippen molar-refractivity contribution < 1.29 is 24.2 Å². The van der Waals surface area contributed by atoms with Crippen LogP contribution in [0.4, 0.5) is 0 Å². The van der Waals surface area contributed by atoms with Gasteiger partial charge >= 0.3 is 11.9 Å². The topological polar surface area (TPSA) is 72.8 Å². The van der Waals surface area contributed by atoms with Crippen molar-refractivity contribution in [1.82, 2.24) is 0 Å². The summed E-state index contributed by atoms with van der Waals surface area (Å²) in [4.78, 5) is 24.6. The highest BCUT2D eigenvalue weighted by Crippen LogP contribution is 2.18. The van der Waals surface area contributed by atoms with Gasteiger partial charge in [-0.15, -0.1) is 0 Å². The van der Waals surface area contributed by atoms with Gasteiger partial charge in [0.05, 0.1) is 6.61 Å². The minimum absolute atomic E-state index is 0.0595. The first-order valence-electron chi connectivity index (χ1n) is 31.9. The normalized spacial score (nSPS) is 12.2. The summed E-state index contributed by atoms with van der Waals surface area (Å²) in [6.07, 6.45) is 79.0. The highest BCUT2D eigenvalue weighted by Gasteiger charge is 2.16. The van der Waals surface area contributed by atoms with Gasteiger partial charge in [0, 0.05) is 12.8 Å². The molecule has 0 aliphatic heterocycles. The first-order valence-corrected chi connectivity index (χ1v) is 31.9. The molecule has 1 unspecified atom stereocenters. The molecule has 5 heteroatoms. The van der Waals surface area contributed by atoms with E-state index in [2.05, 4.69) is 38.2 Å². The molecular weight excluding hydrogens is 861 g/mol. The smallest absolute Gasteiger partial charge is 0.306 e. The summed E-state index contributed by atoms with van der Waals surface area (Å²) in [6, 6.07) is 0. The van der Waals surface area contributed by atoms with Crippen LogP contribution in [-0.4, -0.2) is 36.4 Å². The summed E-state index contributed by atoms with van der Waals surface area (Å²) in [5.74, 6) is -0.568. The Morgan fingerprint density at radius 1 is 0.314 bits per heavy atom. The molecule has 414 valence electrons. The molecule has 5 nitrogen and oxygen atoms in total. The average molecular weight is 986 g/mol. The maximum Gasteiger partial charge on any atom is 0.306 e. The molecule has 0 bridgehead atoms. The Morgan fingerprint density at radius 2 is 0.529 bits per heavy atom. The predicted molar refractivity (Wildman–Crippen MR) is 307 cm³/mol. The van der Waals surface area contributed by atoms with Crippen LogP contribution in [0.25, 0.3) is 0 Å². The third kappa shape index (κ3) is 58.9. The van der Waals surface area contributed by atoms with E-state index in [1.165, 1.54) is 295 Å². The van der Waals surface area contributed by atoms with E-state index in [4.69, 9.17) is 9.47 Å². The molecule has 0 aliphatic rings. The minimum atomic E-state index is -0.769. The molecule has 0 aromatic carbocycles. The van der Waals surface area contributed by atoms with Crippen molar-refractivity contribution in [2.75, 3.05) is 13.2 Å². The lowest BCUT2D eigenvalue weighted by Crippen LogP contribution is -2.28. The van der Waals surface area contributed by atoms with E-state index < -0.39 is 6.10 Å². The number of hydrogen-bond acceptors (Lipinski definition) is 5. The van der Waals surface area contributed by atoms with Gasteiger partial charge in [-0.1, -0.05) is 308 Å². The first kappa shape index (κ1) is 68.4. The molecule has 70 heavy (non-hydrogen) atoms. The van der Waals surface area contributed by atoms with Gasteiger partial charge in [-0.2, -0.15) is 0 Å². The van der Waals surface area contributed by atoms with Crippen LogP contribution in [0.1, 0.15) is 361 Å². The zero-order valence-electron chi connectivity index (χ0n) is 47.6. The molecule has 0 rings (SSSR count). The molecule has 0 aromatic rings. The zero-order chi connectivity index (χ0) is 50.6. The summed E-state index contributed by atoms with van der Waals surface area (Å²) < 4.78 is 10.7. The van der Waals surface area contributed by atoms with Crippen molar-refractivity contribution in [1.29, 1.82) is 0 Å². The standard InChI is InChI=1S/C65H124O5/c1-3-5-7-9-11-13-15-17-19-21-23-25-27-29-30-31-32-33-34-36-38-40-42-44-46-48-50-52-54-56-58-60-65(68)70-63(61-66)62-69-64(67)59-57-55-53-51-49-47-45-43-41-39-37-35-28-26-24-22-20-18-16-14-12-10-8-6-4-2/h21-24,63,66H,3-20,25-62H2,1-2H3/b23-21-,24-22-. The molecule has 0 saturated heterocycles. The Hall–Kier alpha value is -1.62. The highest BCUT2D eigenvalue weighted by molar-refractivity contribution is 5.70. The summed E-state index contributed by atoms with van der Waals surface area (Å²) in [6.45, 7) is 4.20. The molecule has 1 N–H and O–H groups in total. The number of unbranched alkanes of at least 4 members (excludes halogenated alkanes) is 48. The Morgan fingerprint density at radius 3 is 0.771 bits per heavy atom. The fourth-order valence-electron chi connectivity index (χ4n) is 9.90. The molecule has 0 radical (unpaired) electrons. The number of hydrogen-bond donors (Lipinski definition) is 1. The number of carbonyl (C=O) groups is 2. The van der Waals surface area contributed by atoms with E-state index in [-0.39, 0.29) is 25.2 Å². The van der Waals surface area contributed by atoms with Crippen LogP contribution in [0.3, 0.4) is 0 Å². The van der Waals surface area contributed by atoms with Crippen LogP contribution in [0.5, 0.6) is 0 Å². The van der Waals surface area contributed by atoms with E-state index in [1.54, 1.807) is 0 Å². The predicted octanol–water partition coefficient (Wildman–Crippen LogP) is 21.7. The number of esters is 2. The fourth-order valence-corrected chi connectivity index (χ4v) is 9.90. The van der Waals surface area contributed by atoms with Gasteiger partial charge in [-0.05, 0) is 64.2 Å². The Balaban J connectivity index is 3.40. The minimum Gasteiger partial charge on any atom is -0.462 e. The number of aliphatic hydroxyl groups excluding tert-OH is 1. The summed E-state index contributed by atoms with van der Waals surface area (Å²) in [5, 5.41) is 9.68. The van der Waals surface area contributed by atoms with Gasteiger partial charge in [0.15, 0.2) is 6.10 Å². The molecule has 0 aromatic heterocycles. The molecule has 0 aliphatic carbocycles. The van der Waals surface area contributed by atoms with Crippen LogP contribution < -0.4 is 0 Å². The van der Waals surface area contributed by atoms with E-state index in [0.717, 1.165) is 38.5 Å². The zero-order valence-corrected chi connectivity index (χ0v) is 47.6. The van der Waals surface area contributed by atoms with E-state index in [0.29, 0.717) is 12.8 Å². The third-order valence-electron chi connectivity index (χ3n) is 14.7. The monoisotopic (exact) mass is 985 g/mol. The number of allylic oxidation sites excluding steroid dienone is 4. The highest BCUT2D eigenvalue weighted by atomic mass is 16.6. The van der Waals surface area contributed by atoms with Gasteiger partial charge in [-0.25, -0.2) is 0 Å². The maximum atomic E-state index is 12.3. The van der Waals surface area contributed by atoms with Gasteiger partial charge in [0.2, 0.25) is 0 Å². The maximum absolute atomic E-state index is 12.3. The lowest BCUT2D eigenvalue weighted by atomic mass is 10.0. The third-order valence-corrected chi connectivity index (χ3v) is 14.7. The van der Waals surface area contributed by atoms with E-state index in [1.807, 2.05) is 0 Å². The lowest BCUT2D eigenvalue weighted by molar-refractivity contribution is -0.161. The van der Waals surface area contributed by atoms with E-state index in [9.17, 15) is 14.7 Å². The number of rotatable bonds is 60. The molecule has 0 spiro atoms. The molecule has 0 amide bonds. The summed E-state index contributed by atoms with van der Waals surface area (Å²) in [5.41, 5.74) is 0. The first-order chi connectivity index (χ1) is 34.6. The van der Waals surface area contributed by atoms with Crippen molar-refractivity contribution in [2.45, 2.75) is 367 Å². The van der Waals surface area contributed by atoms with Crippen molar-refractivity contribution >= 4 is 11.9 Å². The molecular formula is C65H124O5. The molecule has 1 atom stereocenters. The van der Waals surface area contributed by atoms with Crippen molar-refractivity contribution in [2.24, 2.45) is 0 Å². The Labute approximate surface area is 438 Å². The average Bonchev–Trinajstić information content (AvgIpc) is 3.36. The quantitative estimate of drug-likeness (QED) is 0.0373. The van der Waals surface area contributed by atoms with Crippen LogP contribution in [0.2, 0.25) is 0 Å². The van der Waals surface area contributed by atoms with E-state index >= 15 is 0 Å². The van der Waals surface area contributed by atoms with Gasteiger partial charge < -0.3 is 14.6 Å². The Kier molecular flexibility index (Phi) is 60.3. The second-order valence-corrected chi connectivity index (χ2v) is 21.8. The van der Waals surface area contributed by atoms with Gasteiger partial charge in [0.1, 0.15) is 6.61 Å². The van der Waals surface area contributed by atoms with Crippen molar-refractivity contribution in [3.63, 3.8) is 0 Å². The molecule has 0 heterocycles. The van der Waals surface area contributed by atoms with Gasteiger partial charge in [-0.3, -0.25) is 9.59 Å².